The van der Waals surface area contributed by atoms with E-state index in [0.29, 0.717) is 22.3 Å². The fourth-order valence-corrected chi connectivity index (χ4v) is 2.22. The van der Waals surface area contributed by atoms with Gasteiger partial charge in [0.15, 0.2) is 0 Å². The zero-order valence-corrected chi connectivity index (χ0v) is 10.1. The molecule has 1 aromatic carbocycles. The van der Waals surface area contributed by atoms with E-state index in [2.05, 4.69) is 10.6 Å². The summed E-state index contributed by atoms with van der Waals surface area (Å²) in [6.45, 7) is 3.72. The second kappa shape index (κ2) is 5.02. The molecule has 0 amide bonds. The number of aryl methyl sites for hydroxylation is 1. The van der Waals surface area contributed by atoms with E-state index in [1.807, 2.05) is 0 Å². The quantitative estimate of drug-likeness (QED) is 0.833. The van der Waals surface area contributed by atoms with Gasteiger partial charge in [-0.1, -0.05) is 11.6 Å². The van der Waals surface area contributed by atoms with E-state index in [1.54, 1.807) is 13.0 Å². The van der Waals surface area contributed by atoms with Gasteiger partial charge in [0.2, 0.25) is 0 Å². The molecule has 2 N–H and O–H groups in total. The zero-order valence-electron chi connectivity index (χ0n) is 9.32. The summed E-state index contributed by atoms with van der Waals surface area (Å²) in [5, 5.41) is 7.19. The fraction of sp³-hybridized carbons (Fsp3) is 0.500. The molecule has 1 aliphatic rings. The Hall–Kier alpha value is -0.800. The lowest BCUT2D eigenvalue weighted by Gasteiger charge is -2.25. The van der Waals surface area contributed by atoms with E-state index in [4.69, 9.17) is 11.6 Å². The standard InChI is InChI=1S/C12H16ClFN2/c1-8-6-10(13)12(7-11(8)14)16-9-2-4-15-5-3-9/h6-7,9,15-16H,2-5H2,1H3. The number of piperidine rings is 1. The molecular formula is C12H16ClFN2. The Bertz CT molecular complexity index is 376. The molecule has 0 spiro atoms. The maximum absolute atomic E-state index is 13.4. The van der Waals surface area contributed by atoms with Crippen LogP contribution in [0.2, 0.25) is 5.02 Å². The third kappa shape index (κ3) is 2.66. The molecule has 1 aliphatic heterocycles. The van der Waals surface area contributed by atoms with Gasteiger partial charge in [0.1, 0.15) is 5.82 Å². The summed E-state index contributed by atoms with van der Waals surface area (Å²) in [6.07, 6.45) is 2.09. The van der Waals surface area contributed by atoms with Crippen molar-refractivity contribution in [1.29, 1.82) is 0 Å². The van der Waals surface area contributed by atoms with Crippen molar-refractivity contribution in [2.45, 2.75) is 25.8 Å². The van der Waals surface area contributed by atoms with E-state index < -0.39 is 0 Å². The highest BCUT2D eigenvalue weighted by Crippen LogP contribution is 2.26. The van der Waals surface area contributed by atoms with Gasteiger partial charge in [0.05, 0.1) is 10.7 Å². The molecule has 88 valence electrons. The molecule has 4 heteroatoms. The van der Waals surface area contributed by atoms with Gasteiger partial charge in [0.25, 0.3) is 0 Å². The van der Waals surface area contributed by atoms with Gasteiger partial charge < -0.3 is 10.6 Å². The van der Waals surface area contributed by atoms with Crippen LogP contribution in [0.25, 0.3) is 0 Å². The second-order valence-electron chi connectivity index (χ2n) is 4.25. The summed E-state index contributed by atoms with van der Waals surface area (Å²) in [5.41, 5.74) is 1.29. The lowest BCUT2D eigenvalue weighted by Crippen LogP contribution is -2.35. The molecule has 1 fully saturated rings. The molecule has 0 atom stereocenters. The Balaban J connectivity index is 2.11. The average molecular weight is 243 g/mol. The Morgan fingerprint density at radius 1 is 1.38 bits per heavy atom. The third-order valence-electron chi connectivity index (χ3n) is 2.95. The number of hydrogen-bond donors (Lipinski definition) is 2. The Morgan fingerprint density at radius 3 is 2.75 bits per heavy atom. The lowest BCUT2D eigenvalue weighted by atomic mass is 10.1. The Labute approximate surface area is 100 Å². The zero-order chi connectivity index (χ0) is 11.5. The minimum absolute atomic E-state index is 0.208. The first-order chi connectivity index (χ1) is 7.66. The first-order valence-electron chi connectivity index (χ1n) is 5.59. The van der Waals surface area contributed by atoms with Crippen LogP contribution < -0.4 is 10.6 Å². The molecule has 0 saturated carbocycles. The van der Waals surface area contributed by atoms with Crippen molar-refractivity contribution in [3.63, 3.8) is 0 Å². The van der Waals surface area contributed by atoms with Crippen LogP contribution in [0.5, 0.6) is 0 Å². The van der Waals surface area contributed by atoms with Crippen LogP contribution in [0, 0.1) is 12.7 Å². The average Bonchev–Trinajstić information content (AvgIpc) is 2.27. The van der Waals surface area contributed by atoms with Crippen LogP contribution in [-0.4, -0.2) is 19.1 Å². The van der Waals surface area contributed by atoms with Crippen LogP contribution in [0.4, 0.5) is 10.1 Å². The van der Waals surface area contributed by atoms with Crippen molar-refractivity contribution >= 4 is 17.3 Å². The number of nitrogens with one attached hydrogen (secondary N) is 2. The number of rotatable bonds is 2. The first kappa shape index (κ1) is 11.7. The van der Waals surface area contributed by atoms with Gasteiger partial charge in [-0.2, -0.15) is 0 Å². The highest BCUT2D eigenvalue weighted by molar-refractivity contribution is 6.33. The first-order valence-corrected chi connectivity index (χ1v) is 5.97. The van der Waals surface area contributed by atoms with Crippen molar-refractivity contribution in [1.82, 2.24) is 5.32 Å². The molecule has 0 bridgehead atoms. The van der Waals surface area contributed by atoms with Gasteiger partial charge in [0, 0.05) is 6.04 Å². The molecular weight excluding hydrogens is 227 g/mol. The van der Waals surface area contributed by atoms with E-state index in [0.717, 1.165) is 25.9 Å². The summed E-state index contributed by atoms with van der Waals surface area (Å²) in [7, 11) is 0. The smallest absolute Gasteiger partial charge is 0.128 e. The molecule has 2 nitrogen and oxygen atoms in total. The van der Waals surface area contributed by atoms with Gasteiger partial charge in [-0.3, -0.25) is 0 Å². The molecule has 0 unspecified atom stereocenters. The molecule has 1 aromatic rings. The van der Waals surface area contributed by atoms with Crippen LogP contribution in [0.15, 0.2) is 12.1 Å². The third-order valence-corrected chi connectivity index (χ3v) is 3.26. The van der Waals surface area contributed by atoms with Crippen molar-refractivity contribution in [3.8, 4) is 0 Å². The SMILES string of the molecule is Cc1cc(Cl)c(NC2CCNCC2)cc1F. The molecule has 1 heterocycles. The summed E-state index contributed by atoms with van der Waals surface area (Å²) >= 11 is 6.08. The minimum atomic E-state index is -0.208. The van der Waals surface area contributed by atoms with Crippen LogP contribution >= 0.6 is 11.6 Å². The van der Waals surface area contributed by atoms with Crippen LogP contribution in [-0.2, 0) is 0 Å². The molecule has 0 aliphatic carbocycles. The largest absolute Gasteiger partial charge is 0.381 e. The topological polar surface area (TPSA) is 24.1 Å². The normalized spacial score (nSPS) is 17.4. The Kier molecular flexibility index (Phi) is 3.66. The number of hydrogen-bond acceptors (Lipinski definition) is 2. The van der Waals surface area contributed by atoms with E-state index in [9.17, 15) is 4.39 Å². The fourth-order valence-electron chi connectivity index (χ4n) is 1.94. The van der Waals surface area contributed by atoms with Crippen molar-refractivity contribution in [2.24, 2.45) is 0 Å². The molecule has 0 radical (unpaired) electrons. The second-order valence-corrected chi connectivity index (χ2v) is 4.66. The summed E-state index contributed by atoms with van der Waals surface area (Å²) in [6, 6.07) is 3.54. The number of benzene rings is 1. The van der Waals surface area contributed by atoms with Gasteiger partial charge in [-0.15, -0.1) is 0 Å². The minimum Gasteiger partial charge on any atom is -0.381 e. The molecule has 2 rings (SSSR count). The van der Waals surface area contributed by atoms with Crippen molar-refractivity contribution in [3.05, 3.63) is 28.5 Å². The monoisotopic (exact) mass is 242 g/mol. The van der Waals surface area contributed by atoms with E-state index in [1.165, 1.54) is 6.07 Å². The number of halogens is 2. The highest BCUT2D eigenvalue weighted by Gasteiger charge is 2.14. The maximum atomic E-state index is 13.4. The predicted molar refractivity (Wildman–Crippen MR) is 65.7 cm³/mol. The van der Waals surface area contributed by atoms with E-state index in [-0.39, 0.29) is 5.82 Å². The van der Waals surface area contributed by atoms with Gasteiger partial charge in [-0.05, 0) is 50.6 Å². The van der Waals surface area contributed by atoms with E-state index >= 15 is 0 Å². The van der Waals surface area contributed by atoms with Crippen molar-refractivity contribution in [2.75, 3.05) is 18.4 Å². The summed E-state index contributed by atoms with van der Waals surface area (Å²) in [4.78, 5) is 0. The van der Waals surface area contributed by atoms with Gasteiger partial charge >= 0.3 is 0 Å². The molecule has 16 heavy (non-hydrogen) atoms. The predicted octanol–water partition coefficient (Wildman–Crippen LogP) is 2.95. The summed E-state index contributed by atoms with van der Waals surface area (Å²) < 4.78 is 13.4. The molecule has 0 aromatic heterocycles. The Morgan fingerprint density at radius 2 is 2.06 bits per heavy atom. The lowest BCUT2D eigenvalue weighted by molar-refractivity contribution is 0.479. The van der Waals surface area contributed by atoms with Gasteiger partial charge in [-0.25, -0.2) is 4.39 Å². The van der Waals surface area contributed by atoms with Crippen LogP contribution in [0.1, 0.15) is 18.4 Å². The van der Waals surface area contributed by atoms with Crippen LogP contribution in [0.3, 0.4) is 0 Å². The van der Waals surface area contributed by atoms with Crippen molar-refractivity contribution < 1.29 is 4.39 Å². The maximum Gasteiger partial charge on any atom is 0.128 e. The molecule has 1 saturated heterocycles. The summed E-state index contributed by atoms with van der Waals surface area (Å²) in [5.74, 6) is -0.208. The highest BCUT2D eigenvalue weighted by atomic mass is 35.5. The number of anilines is 1.